The van der Waals surface area contributed by atoms with Crippen LogP contribution in [-0.4, -0.2) is 13.1 Å². The summed E-state index contributed by atoms with van der Waals surface area (Å²) in [6, 6.07) is 2.85. The minimum absolute atomic E-state index is 0.119. The van der Waals surface area contributed by atoms with Crippen molar-refractivity contribution in [3.8, 4) is 0 Å². The molecule has 0 fully saturated rings. The molecule has 0 aliphatic carbocycles. The van der Waals surface area contributed by atoms with E-state index in [2.05, 4.69) is 20.7 Å². The summed E-state index contributed by atoms with van der Waals surface area (Å²) in [5.41, 5.74) is 6.12. The molecule has 0 spiro atoms. The molecule has 0 aliphatic rings. The predicted molar refractivity (Wildman–Crippen MR) is 54.2 cm³/mol. The highest BCUT2D eigenvalue weighted by atomic mass is 79.9. The van der Waals surface area contributed by atoms with E-state index in [-0.39, 0.29) is 16.5 Å². The van der Waals surface area contributed by atoms with E-state index < -0.39 is 11.8 Å². The Labute approximate surface area is 89.2 Å². The van der Waals surface area contributed by atoms with Crippen molar-refractivity contribution >= 4 is 27.6 Å². The van der Waals surface area contributed by atoms with E-state index in [9.17, 15) is 9.18 Å². The maximum atomic E-state index is 13.4. The standard InChI is InChI=1S/C9H9BrFNO2/c1-14-8(13)3-5-2-6(12)4-7(10)9(5)11/h2,4H,3,12H2,1H3. The number of esters is 1. The smallest absolute Gasteiger partial charge is 0.310 e. The number of hydrogen-bond acceptors (Lipinski definition) is 3. The van der Waals surface area contributed by atoms with E-state index in [0.29, 0.717) is 5.69 Å². The van der Waals surface area contributed by atoms with Crippen molar-refractivity contribution in [2.24, 2.45) is 0 Å². The molecule has 1 aromatic rings. The van der Waals surface area contributed by atoms with Gasteiger partial charge in [0.05, 0.1) is 18.0 Å². The molecule has 0 atom stereocenters. The van der Waals surface area contributed by atoms with Gasteiger partial charge in [0.25, 0.3) is 0 Å². The second-order valence-corrected chi connectivity index (χ2v) is 3.58. The number of carbonyl (C=O) groups is 1. The monoisotopic (exact) mass is 261 g/mol. The fourth-order valence-corrected chi connectivity index (χ4v) is 1.54. The van der Waals surface area contributed by atoms with Crippen LogP contribution in [0.1, 0.15) is 5.56 Å². The quantitative estimate of drug-likeness (QED) is 0.654. The zero-order valence-corrected chi connectivity index (χ0v) is 9.10. The van der Waals surface area contributed by atoms with Crippen LogP contribution in [0.2, 0.25) is 0 Å². The van der Waals surface area contributed by atoms with Gasteiger partial charge in [-0.05, 0) is 28.1 Å². The number of nitrogens with two attached hydrogens (primary N) is 1. The molecule has 0 heterocycles. The lowest BCUT2D eigenvalue weighted by atomic mass is 10.1. The molecular formula is C9H9BrFNO2. The predicted octanol–water partition coefficient (Wildman–Crippen LogP) is 1.89. The summed E-state index contributed by atoms with van der Waals surface area (Å²) in [6.07, 6.45) is -0.119. The zero-order chi connectivity index (χ0) is 10.7. The van der Waals surface area contributed by atoms with Gasteiger partial charge in [-0.15, -0.1) is 0 Å². The van der Waals surface area contributed by atoms with E-state index in [0.717, 1.165) is 0 Å². The van der Waals surface area contributed by atoms with E-state index >= 15 is 0 Å². The Kier molecular flexibility index (Phi) is 3.46. The molecule has 0 saturated carbocycles. The molecular weight excluding hydrogens is 253 g/mol. The van der Waals surface area contributed by atoms with Crippen molar-refractivity contribution in [2.75, 3.05) is 12.8 Å². The Hall–Kier alpha value is -1.10. The molecule has 1 aromatic carbocycles. The molecule has 1 rings (SSSR count). The lowest BCUT2D eigenvalue weighted by molar-refractivity contribution is -0.139. The van der Waals surface area contributed by atoms with Gasteiger partial charge in [-0.25, -0.2) is 4.39 Å². The normalized spacial score (nSPS) is 9.93. The Bertz CT molecular complexity index is 368. The molecule has 76 valence electrons. The average Bonchev–Trinajstić information content (AvgIpc) is 2.13. The van der Waals surface area contributed by atoms with Gasteiger partial charge in [0, 0.05) is 11.3 Å². The Morgan fingerprint density at radius 1 is 1.64 bits per heavy atom. The molecule has 0 aromatic heterocycles. The Morgan fingerprint density at radius 3 is 2.86 bits per heavy atom. The summed E-state index contributed by atoms with van der Waals surface area (Å²) in [7, 11) is 1.25. The fraction of sp³-hybridized carbons (Fsp3) is 0.222. The van der Waals surface area contributed by atoms with Crippen molar-refractivity contribution in [1.29, 1.82) is 0 Å². The summed E-state index contributed by atoms with van der Waals surface area (Å²) in [5.74, 6) is -0.981. The first-order chi connectivity index (χ1) is 6.54. The topological polar surface area (TPSA) is 52.3 Å². The zero-order valence-electron chi connectivity index (χ0n) is 7.51. The maximum Gasteiger partial charge on any atom is 0.310 e. The van der Waals surface area contributed by atoms with Gasteiger partial charge in [0.2, 0.25) is 0 Å². The van der Waals surface area contributed by atoms with E-state index in [4.69, 9.17) is 5.73 Å². The van der Waals surface area contributed by atoms with Crippen LogP contribution < -0.4 is 5.73 Å². The average molecular weight is 262 g/mol. The summed E-state index contributed by atoms with van der Waals surface area (Å²) in [5, 5.41) is 0. The first kappa shape index (κ1) is 11.0. The van der Waals surface area contributed by atoms with Crippen molar-refractivity contribution in [2.45, 2.75) is 6.42 Å². The molecule has 14 heavy (non-hydrogen) atoms. The number of ether oxygens (including phenoxy) is 1. The van der Waals surface area contributed by atoms with Crippen LogP contribution in [0.25, 0.3) is 0 Å². The van der Waals surface area contributed by atoms with Gasteiger partial charge >= 0.3 is 5.97 Å². The molecule has 0 saturated heterocycles. The van der Waals surface area contributed by atoms with E-state index in [1.54, 1.807) is 0 Å². The Balaban J connectivity index is 3.02. The van der Waals surface area contributed by atoms with Crippen LogP contribution in [0.15, 0.2) is 16.6 Å². The molecule has 3 nitrogen and oxygen atoms in total. The third kappa shape index (κ3) is 2.45. The minimum atomic E-state index is -0.499. The van der Waals surface area contributed by atoms with Gasteiger partial charge in [-0.1, -0.05) is 0 Å². The number of anilines is 1. The molecule has 0 aliphatic heterocycles. The maximum absolute atomic E-state index is 13.4. The number of benzene rings is 1. The van der Waals surface area contributed by atoms with Crippen LogP contribution in [0.3, 0.4) is 0 Å². The van der Waals surface area contributed by atoms with Gasteiger partial charge < -0.3 is 10.5 Å². The second kappa shape index (κ2) is 4.41. The van der Waals surface area contributed by atoms with Crippen LogP contribution >= 0.6 is 15.9 Å². The number of rotatable bonds is 2. The highest BCUT2D eigenvalue weighted by molar-refractivity contribution is 9.10. The molecule has 0 radical (unpaired) electrons. The largest absolute Gasteiger partial charge is 0.469 e. The molecule has 0 unspecified atom stereocenters. The number of hydrogen-bond donors (Lipinski definition) is 1. The first-order valence-electron chi connectivity index (χ1n) is 3.84. The van der Waals surface area contributed by atoms with Crippen molar-refractivity contribution in [3.63, 3.8) is 0 Å². The SMILES string of the molecule is COC(=O)Cc1cc(N)cc(Br)c1F. The molecule has 0 amide bonds. The fourth-order valence-electron chi connectivity index (χ4n) is 1.03. The highest BCUT2D eigenvalue weighted by Gasteiger charge is 2.11. The third-order valence-electron chi connectivity index (χ3n) is 1.69. The first-order valence-corrected chi connectivity index (χ1v) is 4.64. The number of halogens is 2. The number of nitrogen functional groups attached to an aromatic ring is 1. The van der Waals surface area contributed by atoms with E-state index in [1.807, 2.05) is 0 Å². The van der Waals surface area contributed by atoms with E-state index in [1.165, 1.54) is 19.2 Å². The third-order valence-corrected chi connectivity index (χ3v) is 2.27. The lowest BCUT2D eigenvalue weighted by Gasteiger charge is -2.05. The van der Waals surface area contributed by atoms with Gasteiger partial charge in [-0.2, -0.15) is 0 Å². The molecule has 0 bridgehead atoms. The summed E-state index contributed by atoms with van der Waals surface area (Å²) >= 11 is 3.00. The highest BCUT2D eigenvalue weighted by Crippen LogP contribution is 2.23. The lowest BCUT2D eigenvalue weighted by Crippen LogP contribution is -2.07. The summed E-state index contributed by atoms with van der Waals surface area (Å²) in [6.45, 7) is 0. The van der Waals surface area contributed by atoms with Gasteiger partial charge in [0.1, 0.15) is 5.82 Å². The van der Waals surface area contributed by atoms with Crippen LogP contribution in [0, 0.1) is 5.82 Å². The van der Waals surface area contributed by atoms with Crippen LogP contribution in [0.5, 0.6) is 0 Å². The van der Waals surface area contributed by atoms with Crippen molar-refractivity contribution < 1.29 is 13.9 Å². The van der Waals surface area contributed by atoms with Crippen LogP contribution in [0.4, 0.5) is 10.1 Å². The second-order valence-electron chi connectivity index (χ2n) is 2.73. The number of methoxy groups -OCH3 is 1. The van der Waals surface area contributed by atoms with Crippen LogP contribution in [-0.2, 0) is 16.0 Å². The summed E-state index contributed by atoms with van der Waals surface area (Å²) < 4.78 is 18.0. The summed E-state index contributed by atoms with van der Waals surface area (Å²) in [4.78, 5) is 10.9. The van der Waals surface area contributed by atoms with Crippen molar-refractivity contribution in [1.82, 2.24) is 0 Å². The molecule has 2 N–H and O–H groups in total. The van der Waals surface area contributed by atoms with Gasteiger partial charge in [-0.3, -0.25) is 4.79 Å². The number of carbonyl (C=O) groups excluding carboxylic acids is 1. The minimum Gasteiger partial charge on any atom is -0.469 e. The molecule has 5 heteroatoms. The Morgan fingerprint density at radius 2 is 2.29 bits per heavy atom. The van der Waals surface area contributed by atoms with Crippen molar-refractivity contribution in [3.05, 3.63) is 28.0 Å². The van der Waals surface area contributed by atoms with Gasteiger partial charge in [0.15, 0.2) is 0 Å².